The Morgan fingerprint density at radius 3 is 2.00 bits per heavy atom. The zero-order valence-electron chi connectivity index (χ0n) is 7.51. The fourth-order valence-corrected chi connectivity index (χ4v) is 3.10. The molecule has 0 aromatic heterocycles. The molecule has 2 unspecified atom stereocenters. The van der Waals surface area contributed by atoms with Crippen LogP contribution in [0.15, 0.2) is 0 Å². The van der Waals surface area contributed by atoms with Crippen LogP contribution in [0.4, 0.5) is 0 Å². The molecule has 0 saturated heterocycles. The predicted molar refractivity (Wildman–Crippen MR) is 45.2 cm³/mol. The second-order valence-electron chi connectivity index (χ2n) is 5.16. The quantitative estimate of drug-likeness (QED) is 0.567. The van der Waals surface area contributed by atoms with Gasteiger partial charge < -0.3 is 5.11 Å². The van der Waals surface area contributed by atoms with Crippen molar-refractivity contribution in [3.63, 3.8) is 0 Å². The van der Waals surface area contributed by atoms with Gasteiger partial charge in [0.2, 0.25) is 0 Å². The number of hydrogen-bond donors (Lipinski definition) is 1. The van der Waals surface area contributed by atoms with Crippen LogP contribution in [0.2, 0.25) is 0 Å². The first-order chi connectivity index (χ1) is 5.08. The molecule has 2 saturated carbocycles. The molecule has 0 heterocycles. The average Bonchev–Trinajstić information content (AvgIpc) is 2.19. The van der Waals surface area contributed by atoms with Crippen LogP contribution in [0.25, 0.3) is 0 Å². The summed E-state index contributed by atoms with van der Waals surface area (Å²) in [6.07, 6.45) is 5.07. The molecule has 0 amide bonds. The van der Waals surface area contributed by atoms with Crippen molar-refractivity contribution in [2.75, 3.05) is 0 Å². The summed E-state index contributed by atoms with van der Waals surface area (Å²) in [4.78, 5) is 0. The number of hydrogen-bond acceptors (Lipinski definition) is 1. The Hall–Kier alpha value is -0.0400. The highest BCUT2D eigenvalue weighted by Gasteiger charge is 2.44. The molecule has 1 N–H and O–H groups in total. The van der Waals surface area contributed by atoms with E-state index in [1.165, 1.54) is 25.7 Å². The minimum Gasteiger partial charge on any atom is -0.393 e. The maximum atomic E-state index is 9.74. The van der Waals surface area contributed by atoms with Crippen molar-refractivity contribution < 1.29 is 5.11 Å². The zero-order chi connectivity index (χ0) is 8.06. The number of aliphatic hydroxyl groups is 1. The van der Waals surface area contributed by atoms with Crippen LogP contribution in [-0.4, -0.2) is 11.2 Å². The molecule has 0 radical (unpaired) electrons. The molecular formula is C10H18O. The van der Waals surface area contributed by atoms with E-state index in [1.807, 2.05) is 0 Å². The molecule has 2 fully saturated rings. The van der Waals surface area contributed by atoms with Crippen molar-refractivity contribution >= 4 is 0 Å². The summed E-state index contributed by atoms with van der Waals surface area (Å²) in [6, 6.07) is 0. The smallest absolute Gasteiger partial charge is 0.0596 e. The maximum Gasteiger partial charge on any atom is 0.0596 e. The van der Waals surface area contributed by atoms with Crippen LogP contribution in [0.1, 0.15) is 39.5 Å². The van der Waals surface area contributed by atoms with Crippen molar-refractivity contribution in [3.05, 3.63) is 0 Å². The summed E-state index contributed by atoms with van der Waals surface area (Å²) in [5.41, 5.74) is 0.505. The number of rotatable bonds is 0. The monoisotopic (exact) mass is 154 g/mol. The van der Waals surface area contributed by atoms with Crippen LogP contribution in [-0.2, 0) is 0 Å². The third-order valence-corrected chi connectivity index (χ3v) is 3.50. The largest absolute Gasteiger partial charge is 0.393 e. The Bertz CT molecular complexity index is 146. The first kappa shape index (κ1) is 7.60. The van der Waals surface area contributed by atoms with Gasteiger partial charge in [0.25, 0.3) is 0 Å². The fraction of sp³-hybridized carbons (Fsp3) is 1.00. The molecule has 2 atom stereocenters. The molecule has 64 valence electrons. The standard InChI is InChI=1S/C10H18O/c1-10(2)5-7-3-4-8(6-10)9(7)11/h7-9,11H,3-6H2,1-2H3. The van der Waals surface area contributed by atoms with Gasteiger partial charge in [0.1, 0.15) is 0 Å². The normalized spacial score (nSPS) is 47.7. The van der Waals surface area contributed by atoms with Gasteiger partial charge in [0, 0.05) is 0 Å². The molecule has 2 aliphatic rings. The van der Waals surface area contributed by atoms with Gasteiger partial charge in [-0.15, -0.1) is 0 Å². The van der Waals surface area contributed by atoms with Gasteiger partial charge in [-0.25, -0.2) is 0 Å². The lowest BCUT2D eigenvalue weighted by molar-refractivity contribution is 0.0115. The molecule has 0 aromatic rings. The first-order valence-corrected chi connectivity index (χ1v) is 4.76. The van der Waals surface area contributed by atoms with E-state index in [0.717, 1.165) is 0 Å². The SMILES string of the molecule is CC1(C)CC2CCC(C1)C2O. The summed E-state index contributed by atoms with van der Waals surface area (Å²) in [5.74, 6) is 1.26. The van der Waals surface area contributed by atoms with Crippen LogP contribution < -0.4 is 0 Å². The van der Waals surface area contributed by atoms with Gasteiger partial charge in [-0.1, -0.05) is 13.8 Å². The lowest BCUT2D eigenvalue weighted by atomic mass is 9.70. The van der Waals surface area contributed by atoms with Crippen LogP contribution in [0.5, 0.6) is 0 Å². The molecule has 2 rings (SSSR count). The highest BCUT2D eigenvalue weighted by molar-refractivity contribution is 4.95. The Balaban J connectivity index is 2.14. The van der Waals surface area contributed by atoms with Crippen molar-refractivity contribution in [1.82, 2.24) is 0 Å². The summed E-state index contributed by atoms with van der Waals surface area (Å²) in [7, 11) is 0. The number of fused-ring (bicyclic) bond motifs is 2. The summed E-state index contributed by atoms with van der Waals surface area (Å²) in [5, 5.41) is 9.74. The van der Waals surface area contributed by atoms with Crippen LogP contribution in [0.3, 0.4) is 0 Å². The number of aliphatic hydroxyl groups excluding tert-OH is 1. The second kappa shape index (κ2) is 2.22. The van der Waals surface area contributed by atoms with Crippen molar-refractivity contribution in [3.8, 4) is 0 Å². The Labute approximate surface area is 68.8 Å². The Kier molecular flexibility index (Phi) is 1.54. The minimum atomic E-state index is 0.0445. The molecule has 1 heteroatoms. The Morgan fingerprint density at radius 2 is 1.55 bits per heavy atom. The van der Waals surface area contributed by atoms with Gasteiger partial charge >= 0.3 is 0 Å². The zero-order valence-corrected chi connectivity index (χ0v) is 7.51. The van der Waals surface area contributed by atoms with Gasteiger partial charge in [-0.05, 0) is 42.9 Å². The minimum absolute atomic E-state index is 0.0445. The van der Waals surface area contributed by atoms with Crippen LogP contribution in [0, 0.1) is 17.3 Å². The summed E-state index contributed by atoms with van der Waals surface area (Å²) >= 11 is 0. The molecule has 1 nitrogen and oxygen atoms in total. The van der Waals surface area contributed by atoms with Gasteiger partial charge in [0.05, 0.1) is 6.10 Å². The maximum absolute atomic E-state index is 9.74. The van der Waals surface area contributed by atoms with E-state index in [2.05, 4.69) is 13.8 Å². The molecular weight excluding hydrogens is 136 g/mol. The van der Waals surface area contributed by atoms with E-state index in [-0.39, 0.29) is 6.10 Å². The van der Waals surface area contributed by atoms with E-state index in [9.17, 15) is 5.11 Å². The van der Waals surface area contributed by atoms with E-state index >= 15 is 0 Å². The highest BCUT2D eigenvalue weighted by Crippen LogP contribution is 2.50. The van der Waals surface area contributed by atoms with Crippen molar-refractivity contribution in [2.45, 2.75) is 45.6 Å². The van der Waals surface area contributed by atoms with E-state index in [4.69, 9.17) is 0 Å². The highest BCUT2D eigenvalue weighted by atomic mass is 16.3. The van der Waals surface area contributed by atoms with Gasteiger partial charge in [-0.2, -0.15) is 0 Å². The molecule has 0 aliphatic heterocycles. The van der Waals surface area contributed by atoms with Crippen molar-refractivity contribution in [2.24, 2.45) is 17.3 Å². The molecule has 11 heavy (non-hydrogen) atoms. The molecule has 2 bridgehead atoms. The first-order valence-electron chi connectivity index (χ1n) is 4.76. The lowest BCUT2D eigenvalue weighted by Crippen LogP contribution is -2.34. The second-order valence-corrected chi connectivity index (χ2v) is 5.16. The van der Waals surface area contributed by atoms with Gasteiger partial charge in [0.15, 0.2) is 0 Å². The molecule has 0 aromatic carbocycles. The fourth-order valence-electron chi connectivity index (χ4n) is 3.10. The van der Waals surface area contributed by atoms with E-state index in [0.29, 0.717) is 17.3 Å². The Morgan fingerprint density at radius 1 is 1.09 bits per heavy atom. The van der Waals surface area contributed by atoms with Crippen LogP contribution >= 0.6 is 0 Å². The lowest BCUT2D eigenvalue weighted by Gasteiger charge is -2.37. The van der Waals surface area contributed by atoms with Crippen molar-refractivity contribution in [1.29, 1.82) is 0 Å². The van der Waals surface area contributed by atoms with E-state index < -0.39 is 0 Å². The topological polar surface area (TPSA) is 20.2 Å². The van der Waals surface area contributed by atoms with E-state index in [1.54, 1.807) is 0 Å². The summed E-state index contributed by atoms with van der Waals surface area (Å²) in [6.45, 7) is 4.68. The summed E-state index contributed by atoms with van der Waals surface area (Å²) < 4.78 is 0. The third-order valence-electron chi connectivity index (χ3n) is 3.50. The average molecular weight is 154 g/mol. The molecule has 0 spiro atoms. The third kappa shape index (κ3) is 1.20. The predicted octanol–water partition coefficient (Wildman–Crippen LogP) is 2.19. The molecule has 2 aliphatic carbocycles. The van der Waals surface area contributed by atoms with Gasteiger partial charge in [-0.3, -0.25) is 0 Å².